The fourth-order valence-corrected chi connectivity index (χ4v) is 1.59. The Morgan fingerprint density at radius 1 is 1.44 bits per heavy atom. The van der Waals surface area contributed by atoms with Gasteiger partial charge in [-0.05, 0) is 18.1 Å². The minimum atomic E-state index is -0.635. The van der Waals surface area contributed by atoms with Gasteiger partial charge in [-0.1, -0.05) is 24.3 Å². The van der Waals surface area contributed by atoms with Crippen molar-refractivity contribution in [2.45, 2.75) is 12.3 Å². The number of carbonyl (C=O) groups is 2. The molecule has 1 heterocycles. The SMILES string of the molecule is O=CC(=O)c1cc(C2C=CC=CC2)cnn1. The molecule has 2 rings (SSSR count). The molecule has 0 spiro atoms. The molecule has 1 atom stereocenters. The summed E-state index contributed by atoms with van der Waals surface area (Å²) >= 11 is 0. The molecule has 0 N–H and O–H groups in total. The van der Waals surface area contributed by atoms with Crippen molar-refractivity contribution in [2.24, 2.45) is 0 Å². The van der Waals surface area contributed by atoms with Crippen LogP contribution >= 0.6 is 0 Å². The maximum atomic E-state index is 11.1. The Morgan fingerprint density at radius 2 is 2.31 bits per heavy atom. The second-order valence-electron chi connectivity index (χ2n) is 3.51. The molecule has 0 saturated heterocycles. The van der Waals surface area contributed by atoms with Crippen molar-refractivity contribution in [1.82, 2.24) is 10.2 Å². The number of hydrogen-bond donors (Lipinski definition) is 0. The monoisotopic (exact) mass is 214 g/mol. The van der Waals surface area contributed by atoms with Gasteiger partial charge in [-0.25, -0.2) is 0 Å². The van der Waals surface area contributed by atoms with Crippen LogP contribution in [0, 0.1) is 0 Å². The Hall–Kier alpha value is -2.10. The molecule has 1 aromatic rings. The van der Waals surface area contributed by atoms with Gasteiger partial charge in [0.05, 0.1) is 6.20 Å². The first-order chi connectivity index (χ1) is 7.81. The van der Waals surface area contributed by atoms with Crippen LogP contribution in [0.5, 0.6) is 0 Å². The fourth-order valence-electron chi connectivity index (χ4n) is 1.59. The second kappa shape index (κ2) is 4.61. The summed E-state index contributed by atoms with van der Waals surface area (Å²) in [5.74, 6) is -0.427. The minimum absolute atomic E-state index is 0.107. The van der Waals surface area contributed by atoms with E-state index in [1.165, 1.54) is 0 Å². The minimum Gasteiger partial charge on any atom is -0.294 e. The molecule has 0 radical (unpaired) electrons. The van der Waals surface area contributed by atoms with Crippen LogP contribution in [0.4, 0.5) is 0 Å². The summed E-state index contributed by atoms with van der Waals surface area (Å²) in [5, 5.41) is 7.37. The van der Waals surface area contributed by atoms with E-state index in [2.05, 4.69) is 10.2 Å². The van der Waals surface area contributed by atoms with Crippen molar-refractivity contribution in [2.75, 3.05) is 0 Å². The van der Waals surface area contributed by atoms with Gasteiger partial charge in [0.2, 0.25) is 5.78 Å². The first-order valence-corrected chi connectivity index (χ1v) is 4.96. The Bertz CT molecular complexity index is 478. The molecule has 4 heteroatoms. The van der Waals surface area contributed by atoms with Gasteiger partial charge >= 0.3 is 0 Å². The summed E-state index contributed by atoms with van der Waals surface area (Å²) in [6, 6.07) is 1.62. The summed E-state index contributed by atoms with van der Waals surface area (Å²) in [7, 11) is 0. The number of aldehydes is 1. The highest BCUT2D eigenvalue weighted by molar-refractivity contribution is 6.32. The summed E-state index contributed by atoms with van der Waals surface area (Å²) in [5.41, 5.74) is 1.01. The topological polar surface area (TPSA) is 59.9 Å². The van der Waals surface area contributed by atoms with E-state index in [0.717, 1.165) is 12.0 Å². The Labute approximate surface area is 92.7 Å². The number of allylic oxidation sites excluding steroid dienone is 4. The average Bonchev–Trinajstić information content (AvgIpc) is 2.39. The quantitative estimate of drug-likeness (QED) is 0.434. The van der Waals surface area contributed by atoms with E-state index < -0.39 is 5.78 Å². The molecule has 0 fully saturated rings. The smallest absolute Gasteiger partial charge is 0.245 e. The molecule has 0 bridgehead atoms. The maximum Gasteiger partial charge on any atom is 0.245 e. The van der Waals surface area contributed by atoms with Gasteiger partial charge in [-0.3, -0.25) is 9.59 Å². The standard InChI is InChI=1S/C12H10N2O2/c15-8-12(16)11-6-10(7-13-14-11)9-4-2-1-3-5-9/h1-4,6-9H,5H2. The lowest BCUT2D eigenvalue weighted by atomic mass is 9.93. The summed E-state index contributed by atoms with van der Waals surface area (Å²) in [4.78, 5) is 21.5. The van der Waals surface area contributed by atoms with Crippen molar-refractivity contribution >= 4 is 12.1 Å². The maximum absolute atomic E-state index is 11.1. The van der Waals surface area contributed by atoms with E-state index in [1.54, 1.807) is 12.3 Å². The first kappa shape index (κ1) is 10.4. The molecular weight excluding hydrogens is 204 g/mol. The summed E-state index contributed by atoms with van der Waals surface area (Å²) in [6.07, 6.45) is 10.8. The Morgan fingerprint density at radius 3 is 3.00 bits per heavy atom. The van der Waals surface area contributed by atoms with Crippen molar-refractivity contribution in [3.8, 4) is 0 Å². The van der Waals surface area contributed by atoms with Crippen molar-refractivity contribution < 1.29 is 9.59 Å². The molecule has 1 unspecified atom stereocenters. The number of hydrogen-bond acceptors (Lipinski definition) is 4. The van der Waals surface area contributed by atoms with E-state index >= 15 is 0 Å². The molecule has 1 aromatic heterocycles. The lowest BCUT2D eigenvalue weighted by Crippen LogP contribution is -2.07. The molecule has 4 nitrogen and oxygen atoms in total. The van der Waals surface area contributed by atoms with Gasteiger partial charge in [0, 0.05) is 5.92 Å². The molecule has 16 heavy (non-hydrogen) atoms. The molecule has 80 valence electrons. The Balaban J connectivity index is 2.28. The molecule has 1 aliphatic rings. The average molecular weight is 214 g/mol. The van der Waals surface area contributed by atoms with Crippen molar-refractivity contribution in [3.05, 3.63) is 47.8 Å². The van der Waals surface area contributed by atoms with Crippen LogP contribution in [-0.2, 0) is 4.79 Å². The number of carbonyl (C=O) groups excluding carboxylic acids is 2. The molecular formula is C12H10N2O2. The number of rotatable bonds is 3. The normalized spacial score (nSPS) is 18.4. The zero-order chi connectivity index (χ0) is 11.4. The highest BCUT2D eigenvalue weighted by Crippen LogP contribution is 2.23. The highest BCUT2D eigenvalue weighted by Gasteiger charge is 2.13. The first-order valence-electron chi connectivity index (χ1n) is 4.96. The number of Topliss-reactive ketones (excluding diaryl/α,β-unsaturated/α-hetero) is 1. The largest absolute Gasteiger partial charge is 0.294 e. The number of aromatic nitrogens is 2. The van der Waals surface area contributed by atoms with Crippen LogP contribution in [-0.4, -0.2) is 22.3 Å². The second-order valence-corrected chi connectivity index (χ2v) is 3.51. The summed E-state index contributed by atoms with van der Waals surface area (Å²) < 4.78 is 0. The molecule has 1 aliphatic carbocycles. The van der Waals surface area contributed by atoms with Crippen LogP contribution in [0.3, 0.4) is 0 Å². The van der Waals surface area contributed by atoms with Crippen LogP contribution in [0.15, 0.2) is 36.6 Å². The lowest BCUT2D eigenvalue weighted by molar-refractivity contribution is -0.104. The van der Waals surface area contributed by atoms with E-state index in [-0.39, 0.29) is 17.9 Å². The van der Waals surface area contributed by atoms with Gasteiger partial charge < -0.3 is 0 Å². The third kappa shape index (κ3) is 2.11. The fraction of sp³-hybridized carbons (Fsp3) is 0.167. The third-order valence-electron chi connectivity index (χ3n) is 2.44. The van der Waals surface area contributed by atoms with Crippen molar-refractivity contribution in [3.63, 3.8) is 0 Å². The highest BCUT2D eigenvalue weighted by atomic mass is 16.2. The van der Waals surface area contributed by atoms with E-state index in [1.807, 2.05) is 24.3 Å². The van der Waals surface area contributed by atoms with E-state index in [4.69, 9.17) is 0 Å². The molecule has 0 saturated carbocycles. The van der Waals surface area contributed by atoms with E-state index in [9.17, 15) is 9.59 Å². The van der Waals surface area contributed by atoms with Gasteiger partial charge in [-0.2, -0.15) is 5.10 Å². The third-order valence-corrected chi connectivity index (χ3v) is 2.44. The zero-order valence-electron chi connectivity index (χ0n) is 8.54. The lowest BCUT2D eigenvalue weighted by Gasteiger charge is -2.12. The molecule has 0 aromatic carbocycles. The van der Waals surface area contributed by atoms with Gasteiger partial charge in [0.15, 0.2) is 6.29 Å². The van der Waals surface area contributed by atoms with Crippen LogP contribution in [0.2, 0.25) is 0 Å². The van der Waals surface area contributed by atoms with E-state index in [0.29, 0.717) is 0 Å². The number of ketones is 1. The molecule has 0 aliphatic heterocycles. The van der Waals surface area contributed by atoms with Crippen molar-refractivity contribution in [1.29, 1.82) is 0 Å². The van der Waals surface area contributed by atoms with Gasteiger partial charge in [0.1, 0.15) is 5.69 Å². The predicted octanol–water partition coefficient (Wildman–Crippen LogP) is 1.46. The van der Waals surface area contributed by atoms with Crippen LogP contribution in [0.1, 0.15) is 28.4 Å². The number of nitrogens with zero attached hydrogens (tertiary/aromatic N) is 2. The van der Waals surface area contributed by atoms with Crippen LogP contribution in [0.25, 0.3) is 0 Å². The predicted molar refractivity (Wildman–Crippen MR) is 58.1 cm³/mol. The summed E-state index contributed by atoms with van der Waals surface area (Å²) in [6.45, 7) is 0. The Kier molecular flexibility index (Phi) is 3.00. The molecule has 0 amide bonds. The van der Waals surface area contributed by atoms with Gasteiger partial charge in [0.25, 0.3) is 0 Å². The zero-order valence-corrected chi connectivity index (χ0v) is 8.54. The van der Waals surface area contributed by atoms with Gasteiger partial charge in [-0.15, -0.1) is 5.10 Å². The van der Waals surface area contributed by atoms with Crippen LogP contribution < -0.4 is 0 Å².